The van der Waals surface area contributed by atoms with E-state index < -0.39 is 10.0 Å². The third-order valence-electron chi connectivity index (χ3n) is 1.35. The largest absolute Gasteiger partial charge is 0.292 e. The average molecular weight is 252 g/mol. The number of halogens is 2. The molecule has 0 aliphatic heterocycles. The molecule has 1 aromatic carbocycles. The summed E-state index contributed by atoms with van der Waals surface area (Å²) in [7, 11) is -3.99. The van der Waals surface area contributed by atoms with Gasteiger partial charge < -0.3 is 0 Å². The molecular weight excluding hydrogens is 249 g/mol. The predicted molar refractivity (Wildman–Crippen MR) is 51.8 cm³/mol. The van der Waals surface area contributed by atoms with Crippen molar-refractivity contribution in [2.75, 3.05) is 0 Å². The van der Waals surface area contributed by atoms with Crippen LogP contribution in [0.2, 0.25) is 10.0 Å². The summed E-state index contributed by atoms with van der Waals surface area (Å²) in [6.07, 6.45) is 0.951. The zero-order valence-corrected chi connectivity index (χ0v) is 8.90. The molecule has 7 heteroatoms. The summed E-state index contributed by atoms with van der Waals surface area (Å²) in [4.78, 5) is 9.62. The van der Waals surface area contributed by atoms with Gasteiger partial charge in [0.25, 0.3) is 16.1 Å². The number of benzene rings is 1. The second-order valence-corrected chi connectivity index (χ2v) is 4.65. The molecule has 0 amide bonds. The first-order chi connectivity index (χ1) is 6.47. The van der Waals surface area contributed by atoms with Crippen LogP contribution in [0.5, 0.6) is 0 Å². The molecule has 1 rings (SSSR count). The zero-order chi connectivity index (χ0) is 10.8. The Balaban J connectivity index is 3.35. The van der Waals surface area contributed by atoms with E-state index in [1.54, 1.807) is 0 Å². The first-order valence-corrected chi connectivity index (χ1v) is 5.46. The van der Waals surface area contributed by atoms with Crippen molar-refractivity contribution in [1.29, 1.82) is 0 Å². The van der Waals surface area contributed by atoms with Crippen LogP contribution in [0, 0.1) is 0 Å². The third kappa shape index (κ3) is 2.33. The van der Waals surface area contributed by atoms with Crippen molar-refractivity contribution in [1.82, 2.24) is 0 Å². The molecular formula is C7H3Cl2NO3S. The number of hydrogen-bond acceptors (Lipinski definition) is 3. The molecule has 0 saturated heterocycles. The van der Waals surface area contributed by atoms with Gasteiger partial charge in [0, 0.05) is 0 Å². The van der Waals surface area contributed by atoms with Crippen LogP contribution in [0.4, 0.5) is 0 Å². The minimum absolute atomic E-state index is 0.0776. The number of hydrogen-bond donors (Lipinski definition) is 0. The number of rotatable bonds is 2. The highest BCUT2D eigenvalue weighted by molar-refractivity contribution is 7.90. The molecule has 0 unspecified atom stereocenters. The van der Waals surface area contributed by atoms with Crippen LogP contribution >= 0.6 is 23.2 Å². The highest BCUT2D eigenvalue weighted by Crippen LogP contribution is 2.25. The third-order valence-corrected chi connectivity index (χ3v) is 3.25. The number of isocyanates is 1. The summed E-state index contributed by atoms with van der Waals surface area (Å²) >= 11 is 11.2. The monoisotopic (exact) mass is 251 g/mol. The van der Waals surface area contributed by atoms with Crippen molar-refractivity contribution in [3.8, 4) is 0 Å². The van der Waals surface area contributed by atoms with Gasteiger partial charge in [-0.05, 0) is 18.2 Å². The lowest BCUT2D eigenvalue weighted by Gasteiger charge is -1.98. The molecule has 0 fully saturated rings. The lowest BCUT2D eigenvalue weighted by atomic mass is 10.4. The summed E-state index contributed by atoms with van der Waals surface area (Å²) in [5.41, 5.74) is 0. The standard InChI is InChI=1S/C7H3Cl2NO3S/c8-6-2-1-5(3-7(6)9)14(12,13)10-4-11/h1-3H. The van der Waals surface area contributed by atoms with Crippen molar-refractivity contribution in [3.63, 3.8) is 0 Å². The van der Waals surface area contributed by atoms with Gasteiger partial charge in [0.1, 0.15) is 0 Å². The van der Waals surface area contributed by atoms with Gasteiger partial charge in [-0.2, -0.15) is 8.42 Å². The van der Waals surface area contributed by atoms with E-state index in [1.165, 1.54) is 12.1 Å². The highest BCUT2D eigenvalue weighted by Gasteiger charge is 2.13. The summed E-state index contributed by atoms with van der Waals surface area (Å²) in [5.74, 6) is 0. The Hall–Kier alpha value is -0.870. The minimum atomic E-state index is -3.99. The highest BCUT2D eigenvalue weighted by atomic mass is 35.5. The molecule has 0 heterocycles. The predicted octanol–water partition coefficient (Wildman–Crippen LogP) is 2.02. The molecule has 4 nitrogen and oxygen atoms in total. The summed E-state index contributed by atoms with van der Waals surface area (Å²) in [6, 6.07) is 3.61. The molecule has 0 radical (unpaired) electrons. The van der Waals surface area contributed by atoms with Crippen LogP contribution in [-0.2, 0) is 14.8 Å². The molecule has 74 valence electrons. The van der Waals surface area contributed by atoms with E-state index in [-0.39, 0.29) is 14.9 Å². The van der Waals surface area contributed by atoms with Gasteiger partial charge in [-0.3, -0.25) is 0 Å². The Morgan fingerprint density at radius 2 is 1.86 bits per heavy atom. The van der Waals surface area contributed by atoms with Gasteiger partial charge in [0.2, 0.25) is 0 Å². The number of carbonyl (C=O) groups excluding carboxylic acids is 1. The summed E-state index contributed by atoms with van der Waals surface area (Å²) < 4.78 is 25.0. The molecule has 0 spiro atoms. The smallest absolute Gasteiger partial charge is 0.210 e. The van der Waals surface area contributed by atoms with E-state index >= 15 is 0 Å². The molecule has 0 saturated carbocycles. The first kappa shape index (κ1) is 11.2. The Morgan fingerprint density at radius 3 is 2.36 bits per heavy atom. The maximum absolute atomic E-state index is 11.2. The van der Waals surface area contributed by atoms with Gasteiger partial charge in [-0.1, -0.05) is 27.6 Å². The summed E-state index contributed by atoms with van der Waals surface area (Å²) in [5, 5.41) is 0.300. The molecule has 0 atom stereocenters. The molecule has 0 bridgehead atoms. The Labute approximate surface area is 90.2 Å². The second kappa shape index (κ2) is 4.11. The SMILES string of the molecule is O=C=NS(=O)(=O)c1ccc(Cl)c(Cl)c1. The Bertz CT molecular complexity index is 506. The van der Waals surface area contributed by atoms with E-state index in [0.29, 0.717) is 0 Å². The fourth-order valence-electron chi connectivity index (χ4n) is 0.739. The van der Waals surface area contributed by atoms with Gasteiger partial charge >= 0.3 is 0 Å². The maximum Gasteiger partial charge on any atom is 0.292 e. The fraction of sp³-hybridized carbons (Fsp3) is 0. The van der Waals surface area contributed by atoms with Crippen molar-refractivity contribution >= 4 is 39.3 Å². The van der Waals surface area contributed by atoms with Crippen molar-refractivity contribution < 1.29 is 13.2 Å². The lowest BCUT2D eigenvalue weighted by Crippen LogP contribution is -1.95. The molecule has 14 heavy (non-hydrogen) atoms. The van der Waals surface area contributed by atoms with Crippen molar-refractivity contribution in [2.24, 2.45) is 4.40 Å². The molecule has 0 N–H and O–H groups in total. The van der Waals surface area contributed by atoms with Crippen LogP contribution in [0.1, 0.15) is 0 Å². The van der Waals surface area contributed by atoms with E-state index in [4.69, 9.17) is 23.2 Å². The number of nitrogens with zero attached hydrogens (tertiary/aromatic N) is 1. The van der Waals surface area contributed by atoms with Gasteiger partial charge in [-0.15, -0.1) is 0 Å². The van der Waals surface area contributed by atoms with Gasteiger partial charge in [0.05, 0.1) is 14.9 Å². The Kier molecular flexibility index (Phi) is 3.29. The second-order valence-electron chi connectivity index (χ2n) is 2.23. The molecule has 0 aromatic heterocycles. The van der Waals surface area contributed by atoms with Crippen LogP contribution in [0.3, 0.4) is 0 Å². The summed E-state index contributed by atoms with van der Waals surface area (Å²) in [6.45, 7) is 0. The van der Waals surface area contributed by atoms with Crippen LogP contribution < -0.4 is 0 Å². The van der Waals surface area contributed by atoms with Gasteiger partial charge in [0.15, 0.2) is 0 Å². The first-order valence-electron chi connectivity index (χ1n) is 3.26. The Morgan fingerprint density at radius 1 is 1.21 bits per heavy atom. The molecule has 0 aliphatic carbocycles. The zero-order valence-electron chi connectivity index (χ0n) is 6.57. The van der Waals surface area contributed by atoms with Crippen molar-refractivity contribution in [3.05, 3.63) is 28.2 Å². The molecule has 0 aliphatic rings. The van der Waals surface area contributed by atoms with Gasteiger partial charge in [-0.25, -0.2) is 4.79 Å². The average Bonchev–Trinajstić information content (AvgIpc) is 2.09. The normalized spacial score (nSPS) is 10.7. The van der Waals surface area contributed by atoms with Crippen molar-refractivity contribution in [2.45, 2.75) is 4.90 Å². The number of sulfonamides is 1. The molecule has 1 aromatic rings. The van der Waals surface area contributed by atoms with E-state index in [1.807, 2.05) is 0 Å². The van der Waals surface area contributed by atoms with E-state index in [9.17, 15) is 13.2 Å². The topological polar surface area (TPSA) is 63.6 Å². The quantitative estimate of drug-likeness (QED) is 0.597. The van der Waals surface area contributed by atoms with Crippen LogP contribution in [0.25, 0.3) is 0 Å². The lowest BCUT2D eigenvalue weighted by molar-refractivity contribution is 0.563. The van der Waals surface area contributed by atoms with Crippen LogP contribution in [0.15, 0.2) is 27.5 Å². The minimum Gasteiger partial charge on any atom is -0.210 e. The fourth-order valence-corrected chi connectivity index (χ4v) is 1.81. The van der Waals surface area contributed by atoms with Crippen LogP contribution in [-0.4, -0.2) is 14.5 Å². The van der Waals surface area contributed by atoms with E-state index in [2.05, 4.69) is 4.40 Å². The van der Waals surface area contributed by atoms with E-state index in [0.717, 1.165) is 12.1 Å². The maximum atomic E-state index is 11.2.